The zero-order valence-electron chi connectivity index (χ0n) is 9.94. The number of hydrogen-bond acceptors (Lipinski definition) is 3. The third kappa shape index (κ3) is 4.42. The second-order valence-electron chi connectivity index (χ2n) is 4.30. The van der Waals surface area contributed by atoms with Crippen molar-refractivity contribution < 1.29 is 19.5 Å². The SMILES string of the molecule is CN(CCCC(=O)O)C(=O)C1CCC(=O)NC1. The maximum absolute atomic E-state index is 11.9. The highest BCUT2D eigenvalue weighted by Gasteiger charge is 2.26. The van der Waals surface area contributed by atoms with Crippen molar-refractivity contribution in [2.75, 3.05) is 20.1 Å². The summed E-state index contributed by atoms with van der Waals surface area (Å²) < 4.78 is 0. The van der Waals surface area contributed by atoms with E-state index in [2.05, 4.69) is 5.32 Å². The van der Waals surface area contributed by atoms with Crippen molar-refractivity contribution in [1.29, 1.82) is 0 Å². The number of carbonyl (C=O) groups excluding carboxylic acids is 2. The highest BCUT2D eigenvalue weighted by molar-refractivity contribution is 5.83. The molecule has 0 saturated carbocycles. The summed E-state index contributed by atoms with van der Waals surface area (Å²) in [6.45, 7) is 0.830. The van der Waals surface area contributed by atoms with Gasteiger partial charge in [-0.3, -0.25) is 14.4 Å². The fourth-order valence-electron chi connectivity index (χ4n) is 1.83. The highest BCUT2D eigenvalue weighted by atomic mass is 16.4. The van der Waals surface area contributed by atoms with E-state index in [0.29, 0.717) is 32.4 Å². The van der Waals surface area contributed by atoms with Gasteiger partial charge < -0.3 is 15.3 Å². The third-order valence-corrected chi connectivity index (χ3v) is 2.88. The number of carboxylic acid groups (broad SMARTS) is 1. The van der Waals surface area contributed by atoms with Gasteiger partial charge in [0, 0.05) is 33.0 Å². The Morgan fingerprint density at radius 2 is 2.24 bits per heavy atom. The molecule has 1 aliphatic heterocycles. The Morgan fingerprint density at radius 3 is 2.76 bits per heavy atom. The lowest BCUT2D eigenvalue weighted by Crippen LogP contribution is -2.43. The predicted molar refractivity (Wildman–Crippen MR) is 60.2 cm³/mol. The molecule has 1 heterocycles. The van der Waals surface area contributed by atoms with Gasteiger partial charge in [0.05, 0.1) is 5.92 Å². The molecule has 0 bridgehead atoms. The summed E-state index contributed by atoms with van der Waals surface area (Å²) in [7, 11) is 1.67. The van der Waals surface area contributed by atoms with Crippen LogP contribution >= 0.6 is 0 Å². The van der Waals surface area contributed by atoms with Crippen molar-refractivity contribution in [3.63, 3.8) is 0 Å². The minimum atomic E-state index is -0.851. The zero-order valence-corrected chi connectivity index (χ0v) is 9.94. The Bertz CT molecular complexity index is 307. The van der Waals surface area contributed by atoms with E-state index in [9.17, 15) is 14.4 Å². The second kappa shape index (κ2) is 6.22. The van der Waals surface area contributed by atoms with Crippen LogP contribution in [0.15, 0.2) is 0 Å². The van der Waals surface area contributed by atoms with E-state index < -0.39 is 5.97 Å². The molecule has 6 nitrogen and oxygen atoms in total. The normalized spacial score (nSPS) is 19.6. The summed E-state index contributed by atoms with van der Waals surface area (Å²) in [6, 6.07) is 0. The second-order valence-corrected chi connectivity index (χ2v) is 4.30. The third-order valence-electron chi connectivity index (χ3n) is 2.88. The van der Waals surface area contributed by atoms with E-state index in [1.54, 1.807) is 11.9 Å². The van der Waals surface area contributed by atoms with Crippen LogP contribution in [0.4, 0.5) is 0 Å². The average Bonchev–Trinajstić information content (AvgIpc) is 2.28. The fraction of sp³-hybridized carbons (Fsp3) is 0.727. The van der Waals surface area contributed by atoms with Gasteiger partial charge in [0.1, 0.15) is 0 Å². The molecule has 6 heteroatoms. The number of rotatable bonds is 5. The van der Waals surface area contributed by atoms with Crippen LogP contribution in [0.5, 0.6) is 0 Å². The molecule has 0 aromatic carbocycles. The first-order valence-electron chi connectivity index (χ1n) is 5.74. The first-order valence-corrected chi connectivity index (χ1v) is 5.74. The van der Waals surface area contributed by atoms with Crippen LogP contribution in [0.25, 0.3) is 0 Å². The number of nitrogens with zero attached hydrogens (tertiary/aromatic N) is 1. The van der Waals surface area contributed by atoms with Gasteiger partial charge in [-0.15, -0.1) is 0 Å². The lowest BCUT2D eigenvalue weighted by Gasteiger charge is -2.26. The molecule has 0 spiro atoms. The fourth-order valence-corrected chi connectivity index (χ4v) is 1.83. The van der Waals surface area contributed by atoms with Gasteiger partial charge in [-0.05, 0) is 12.8 Å². The minimum absolute atomic E-state index is 0.0115. The van der Waals surface area contributed by atoms with E-state index in [0.717, 1.165) is 0 Å². The van der Waals surface area contributed by atoms with Crippen LogP contribution < -0.4 is 5.32 Å². The molecule has 0 aromatic heterocycles. The van der Waals surface area contributed by atoms with E-state index >= 15 is 0 Å². The number of carboxylic acids is 1. The van der Waals surface area contributed by atoms with E-state index in [-0.39, 0.29) is 24.2 Å². The zero-order chi connectivity index (χ0) is 12.8. The lowest BCUT2D eigenvalue weighted by atomic mass is 9.98. The molecule has 1 atom stereocenters. The highest BCUT2D eigenvalue weighted by Crippen LogP contribution is 2.13. The summed E-state index contributed by atoms with van der Waals surface area (Å²) >= 11 is 0. The largest absolute Gasteiger partial charge is 0.481 e. The molecule has 1 rings (SSSR count). The number of piperidine rings is 1. The molecular formula is C11H18N2O4. The first kappa shape index (κ1) is 13.5. The van der Waals surface area contributed by atoms with Crippen molar-refractivity contribution in [1.82, 2.24) is 10.2 Å². The molecule has 0 aliphatic carbocycles. The molecule has 2 amide bonds. The molecule has 1 aliphatic rings. The summed E-state index contributed by atoms with van der Waals surface area (Å²) in [6.07, 6.45) is 1.49. The standard InChI is InChI=1S/C11H18N2O4/c1-13(6-2-3-10(15)16)11(17)8-4-5-9(14)12-7-8/h8H,2-7H2,1H3,(H,12,14)(H,15,16). The van der Waals surface area contributed by atoms with E-state index in [1.807, 2.05) is 0 Å². The number of aliphatic carboxylic acids is 1. The van der Waals surface area contributed by atoms with Crippen molar-refractivity contribution in [3.05, 3.63) is 0 Å². The summed E-state index contributed by atoms with van der Waals surface area (Å²) in [4.78, 5) is 34.7. The van der Waals surface area contributed by atoms with Gasteiger partial charge in [-0.1, -0.05) is 0 Å². The average molecular weight is 242 g/mol. The quantitative estimate of drug-likeness (QED) is 0.701. The molecule has 1 unspecified atom stereocenters. The molecule has 17 heavy (non-hydrogen) atoms. The van der Waals surface area contributed by atoms with Crippen molar-refractivity contribution in [3.8, 4) is 0 Å². The molecular weight excluding hydrogens is 224 g/mol. The van der Waals surface area contributed by atoms with Gasteiger partial charge in [0.2, 0.25) is 11.8 Å². The molecule has 2 N–H and O–H groups in total. The van der Waals surface area contributed by atoms with Gasteiger partial charge in [0.15, 0.2) is 0 Å². The Morgan fingerprint density at radius 1 is 1.53 bits per heavy atom. The van der Waals surface area contributed by atoms with Crippen molar-refractivity contribution in [2.24, 2.45) is 5.92 Å². The van der Waals surface area contributed by atoms with Crippen molar-refractivity contribution >= 4 is 17.8 Å². The maximum atomic E-state index is 11.9. The van der Waals surface area contributed by atoms with Crippen LogP contribution in [-0.2, 0) is 14.4 Å². The summed E-state index contributed by atoms with van der Waals surface area (Å²) in [5, 5.41) is 11.2. The van der Waals surface area contributed by atoms with Crippen LogP contribution in [0.3, 0.4) is 0 Å². The minimum Gasteiger partial charge on any atom is -0.481 e. The molecule has 96 valence electrons. The van der Waals surface area contributed by atoms with Crippen LogP contribution in [-0.4, -0.2) is 47.9 Å². The monoisotopic (exact) mass is 242 g/mol. The first-order chi connectivity index (χ1) is 8.00. The van der Waals surface area contributed by atoms with E-state index in [4.69, 9.17) is 5.11 Å². The Balaban J connectivity index is 2.30. The van der Waals surface area contributed by atoms with Gasteiger partial charge in [0.25, 0.3) is 0 Å². The van der Waals surface area contributed by atoms with Crippen LogP contribution in [0, 0.1) is 5.92 Å². The number of hydrogen-bond donors (Lipinski definition) is 2. The Kier molecular flexibility index (Phi) is 4.93. The lowest BCUT2D eigenvalue weighted by molar-refractivity contribution is -0.139. The molecule has 0 radical (unpaired) electrons. The van der Waals surface area contributed by atoms with Crippen LogP contribution in [0.2, 0.25) is 0 Å². The molecule has 1 fully saturated rings. The number of nitrogens with one attached hydrogen (secondary N) is 1. The van der Waals surface area contributed by atoms with Gasteiger partial charge in [-0.25, -0.2) is 0 Å². The van der Waals surface area contributed by atoms with Crippen molar-refractivity contribution in [2.45, 2.75) is 25.7 Å². The van der Waals surface area contributed by atoms with Gasteiger partial charge >= 0.3 is 5.97 Å². The number of amides is 2. The Labute approximate surface area is 100.0 Å². The summed E-state index contributed by atoms with van der Waals surface area (Å²) in [5.41, 5.74) is 0. The smallest absolute Gasteiger partial charge is 0.303 e. The van der Waals surface area contributed by atoms with Gasteiger partial charge in [-0.2, -0.15) is 0 Å². The molecule has 1 saturated heterocycles. The predicted octanol–water partition coefficient (Wildman–Crippen LogP) is -0.164. The Hall–Kier alpha value is -1.59. The summed E-state index contributed by atoms with van der Waals surface area (Å²) in [5.74, 6) is -1.05. The maximum Gasteiger partial charge on any atom is 0.303 e. The van der Waals surface area contributed by atoms with E-state index in [1.165, 1.54) is 0 Å². The van der Waals surface area contributed by atoms with Crippen LogP contribution in [0.1, 0.15) is 25.7 Å². The molecule has 0 aromatic rings. The topological polar surface area (TPSA) is 86.7 Å². The number of carbonyl (C=O) groups is 3.